The van der Waals surface area contributed by atoms with Crippen molar-refractivity contribution in [3.8, 4) is 28.7 Å². The molecule has 25 heavy (non-hydrogen) atoms. The zero-order valence-corrected chi connectivity index (χ0v) is 13.1. The molecule has 4 rings (SSSR count). The molecule has 130 valence electrons. The molecular weight excluding hydrogens is 328 g/mol. The number of ether oxygens (including phenoxy) is 3. The lowest BCUT2D eigenvalue weighted by Crippen LogP contribution is -2.32. The van der Waals surface area contributed by atoms with E-state index in [0.717, 1.165) is 6.07 Å². The summed E-state index contributed by atoms with van der Waals surface area (Å²) in [6, 6.07) is 7.61. The molecule has 2 aromatic rings. The highest BCUT2D eigenvalue weighted by molar-refractivity contribution is 6.02. The molecular formula is C18H16O7. The first kappa shape index (κ1) is 15.6. The number of phenols is 2. The topological polar surface area (TPSA) is 105 Å². The third-order valence-electron chi connectivity index (χ3n) is 4.25. The van der Waals surface area contributed by atoms with Gasteiger partial charge in [0.25, 0.3) is 0 Å². The van der Waals surface area contributed by atoms with Gasteiger partial charge in [-0.15, -0.1) is 0 Å². The molecule has 0 fully saturated rings. The molecule has 0 radical (unpaired) electrons. The average molecular weight is 344 g/mol. The quantitative estimate of drug-likeness (QED) is 0.764. The second-order valence-electron chi connectivity index (χ2n) is 6.01. The van der Waals surface area contributed by atoms with Crippen LogP contribution in [-0.4, -0.2) is 40.4 Å². The van der Waals surface area contributed by atoms with Crippen LogP contribution in [0.1, 0.15) is 28.4 Å². The summed E-state index contributed by atoms with van der Waals surface area (Å²) in [4.78, 5) is 12.4. The number of aliphatic hydroxyl groups is 1. The molecule has 3 N–H and O–H groups in total. The van der Waals surface area contributed by atoms with Crippen molar-refractivity contribution < 1.29 is 34.3 Å². The van der Waals surface area contributed by atoms with Crippen LogP contribution in [0.25, 0.3) is 0 Å². The maximum Gasteiger partial charge on any atom is 0.174 e. The molecule has 0 spiro atoms. The number of hydrogen-bond donors (Lipinski definition) is 3. The molecule has 2 aliphatic heterocycles. The zero-order valence-electron chi connectivity index (χ0n) is 13.1. The SMILES string of the molecule is O=C1CC(c2ccc3c(c2)OC[C@H](CO)O3)Oc2cc(O)cc(O)c21. The van der Waals surface area contributed by atoms with Crippen molar-refractivity contribution in [1.29, 1.82) is 0 Å². The molecule has 2 aliphatic rings. The molecule has 0 aliphatic carbocycles. The van der Waals surface area contributed by atoms with Gasteiger partial charge in [-0.3, -0.25) is 4.79 Å². The van der Waals surface area contributed by atoms with Crippen molar-refractivity contribution in [2.24, 2.45) is 0 Å². The van der Waals surface area contributed by atoms with E-state index in [1.807, 2.05) is 0 Å². The Morgan fingerprint density at radius 1 is 1.04 bits per heavy atom. The smallest absolute Gasteiger partial charge is 0.174 e. The number of carbonyl (C=O) groups excluding carboxylic acids is 1. The fraction of sp³-hybridized carbons (Fsp3) is 0.278. The number of ketones is 1. The molecule has 0 amide bonds. The molecule has 2 aromatic carbocycles. The van der Waals surface area contributed by atoms with Gasteiger partial charge in [-0.05, 0) is 17.7 Å². The summed E-state index contributed by atoms with van der Waals surface area (Å²) in [5.74, 6) is 0.445. The number of rotatable bonds is 2. The first-order chi connectivity index (χ1) is 12.0. The average Bonchev–Trinajstić information content (AvgIpc) is 2.59. The Bertz CT molecular complexity index is 846. The van der Waals surface area contributed by atoms with Crippen molar-refractivity contribution in [1.82, 2.24) is 0 Å². The van der Waals surface area contributed by atoms with Crippen LogP contribution in [-0.2, 0) is 0 Å². The van der Waals surface area contributed by atoms with Crippen molar-refractivity contribution in [3.63, 3.8) is 0 Å². The van der Waals surface area contributed by atoms with Crippen LogP contribution in [0, 0.1) is 0 Å². The number of phenolic OH excluding ortho intramolecular Hbond substituents is 2. The highest BCUT2D eigenvalue weighted by atomic mass is 16.6. The summed E-state index contributed by atoms with van der Waals surface area (Å²) in [5.41, 5.74) is 0.795. The van der Waals surface area contributed by atoms with Gasteiger partial charge in [-0.2, -0.15) is 0 Å². The molecule has 0 saturated carbocycles. The zero-order chi connectivity index (χ0) is 17.6. The van der Waals surface area contributed by atoms with Gasteiger partial charge >= 0.3 is 0 Å². The van der Waals surface area contributed by atoms with Crippen molar-refractivity contribution >= 4 is 5.78 Å². The third kappa shape index (κ3) is 2.72. The first-order valence-electron chi connectivity index (χ1n) is 7.85. The Balaban J connectivity index is 1.64. The monoisotopic (exact) mass is 344 g/mol. The van der Waals surface area contributed by atoms with Crippen molar-refractivity contribution in [2.75, 3.05) is 13.2 Å². The normalized spacial score (nSPS) is 21.4. The number of aromatic hydroxyl groups is 2. The summed E-state index contributed by atoms with van der Waals surface area (Å²) in [7, 11) is 0. The van der Waals surface area contributed by atoms with Crippen LogP contribution >= 0.6 is 0 Å². The van der Waals surface area contributed by atoms with E-state index in [2.05, 4.69) is 0 Å². The van der Waals surface area contributed by atoms with Crippen molar-refractivity contribution in [3.05, 3.63) is 41.5 Å². The maximum absolute atomic E-state index is 12.4. The number of aliphatic hydroxyl groups excluding tert-OH is 1. The van der Waals surface area contributed by atoms with Crippen LogP contribution in [0.4, 0.5) is 0 Å². The predicted molar refractivity (Wildman–Crippen MR) is 85.5 cm³/mol. The summed E-state index contributed by atoms with van der Waals surface area (Å²) < 4.78 is 17.0. The number of benzene rings is 2. The van der Waals surface area contributed by atoms with Gasteiger partial charge in [-0.1, -0.05) is 6.07 Å². The predicted octanol–water partition coefficient (Wildman–Crippen LogP) is 1.94. The molecule has 1 unspecified atom stereocenters. The minimum absolute atomic E-state index is 0.0598. The second kappa shape index (κ2) is 5.86. The fourth-order valence-electron chi connectivity index (χ4n) is 3.03. The van der Waals surface area contributed by atoms with Gasteiger partial charge in [0.05, 0.1) is 13.0 Å². The largest absolute Gasteiger partial charge is 0.508 e. The standard InChI is InChI=1S/C18H16O7/c19-7-11-8-23-16-3-9(1-2-14(16)24-11)15-6-13(22)18-12(21)4-10(20)5-17(18)25-15/h1-5,11,15,19-21H,6-8H2/t11-,15?/m0/s1. The number of Topliss-reactive ketones (excluding diaryl/α,β-unsaturated/α-hetero) is 1. The van der Waals surface area contributed by atoms with E-state index in [-0.39, 0.29) is 48.2 Å². The van der Waals surface area contributed by atoms with E-state index < -0.39 is 12.2 Å². The summed E-state index contributed by atoms with van der Waals surface area (Å²) in [6.07, 6.45) is -0.904. The molecule has 0 saturated heterocycles. The summed E-state index contributed by atoms with van der Waals surface area (Å²) in [5, 5.41) is 28.6. The minimum Gasteiger partial charge on any atom is -0.508 e. The Labute approximate surface area is 143 Å². The number of hydrogen-bond acceptors (Lipinski definition) is 7. The van der Waals surface area contributed by atoms with Crippen LogP contribution in [0.3, 0.4) is 0 Å². The number of carbonyl (C=O) groups is 1. The van der Waals surface area contributed by atoms with Crippen LogP contribution in [0.15, 0.2) is 30.3 Å². The maximum atomic E-state index is 12.4. The third-order valence-corrected chi connectivity index (χ3v) is 4.25. The molecule has 0 aromatic heterocycles. The van der Waals surface area contributed by atoms with E-state index in [1.165, 1.54) is 6.07 Å². The summed E-state index contributed by atoms with van der Waals surface area (Å²) >= 11 is 0. The fourth-order valence-corrected chi connectivity index (χ4v) is 3.03. The van der Waals surface area contributed by atoms with Crippen LogP contribution in [0.5, 0.6) is 28.7 Å². The van der Waals surface area contributed by atoms with E-state index in [9.17, 15) is 15.0 Å². The first-order valence-corrected chi connectivity index (χ1v) is 7.85. The lowest BCUT2D eigenvalue weighted by Gasteiger charge is -2.28. The lowest BCUT2D eigenvalue weighted by atomic mass is 9.95. The van der Waals surface area contributed by atoms with Gasteiger partial charge in [-0.25, -0.2) is 0 Å². The van der Waals surface area contributed by atoms with Gasteiger partial charge in [0, 0.05) is 12.1 Å². The lowest BCUT2D eigenvalue weighted by molar-refractivity contribution is 0.0452. The van der Waals surface area contributed by atoms with Crippen molar-refractivity contribution in [2.45, 2.75) is 18.6 Å². The van der Waals surface area contributed by atoms with Crippen LogP contribution in [0.2, 0.25) is 0 Å². The van der Waals surface area contributed by atoms with Crippen LogP contribution < -0.4 is 14.2 Å². The van der Waals surface area contributed by atoms with E-state index in [1.54, 1.807) is 18.2 Å². The molecule has 2 heterocycles. The molecule has 0 bridgehead atoms. The highest BCUT2D eigenvalue weighted by Gasteiger charge is 2.32. The van der Waals surface area contributed by atoms with E-state index in [0.29, 0.717) is 17.1 Å². The number of fused-ring (bicyclic) bond motifs is 2. The van der Waals surface area contributed by atoms with Gasteiger partial charge in [0.2, 0.25) is 0 Å². The second-order valence-corrected chi connectivity index (χ2v) is 6.01. The van der Waals surface area contributed by atoms with E-state index >= 15 is 0 Å². The van der Waals surface area contributed by atoms with Gasteiger partial charge in [0.15, 0.2) is 23.4 Å². The molecule has 7 heteroatoms. The van der Waals surface area contributed by atoms with Gasteiger partial charge in [0.1, 0.15) is 35.5 Å². The van der Waals surface area contributed by atoms with E-state index in [4.69, 9.17) is 19.3 Å². The van der Waals surface area contributed by atoms with Gasteiger partial charge < -0.3 is 29.5 Å². The Kier molecular flexibility index (Phi) is 3.65. The highest BCUT2D eigenvalue weighted by Crippen LogP contribution is 2.43. The summed E-state index contributed by atoms with van der Waals surface area (Å²) in [6.45, 7) is 0.104. The Hall–Kier alpha value is -2.93. The molecule has 2 atom stereocenters. The minimum atomic E-state index is -0.564. The Morgan fingerprint density at radius 3 is 2.68 bits per heavy atom. The molecule has 7 nitrogen and oxygen atoms in total. The Morgan fingerprint density at radius 2 is 1.88 bits per heavy atom.